The summed E-state index contributed by atoms with van der Waals surface area (Å²) in [6.45, 7) is 11.1. The van der Waals surface area contributed by atoms with Crippen LogP contribution in [0.1, 0.15) is 79.6 Å². The van der Waals surface area contributed by atoms with Crippen molar-refractivity contribution in [1.82, 2.24) is 0 Å². The smallest absolute Gasteiger partial charge is 0.133 e. The molecule has 0 aromatic carbocycles. The van der Waals surface area contributed by atoms with Crippen molar-refractivity contribution in [2.24, 2.45) is 28.7 Å². The summed E-state index contributed by atoms with van der Waals surface area (Å²) in [5.74, 6) is 2.10. The molecule has 0 aromatic heterocycles. The van der Waals surface area contributed by atoms with E-state index in [1.165, 1.54) is 22.4 Å². The fourth-order valence-electron chi connectivity index (χ4n) is 5.38. The van der Waals surface area contributed by atoms with Crippen molar-refractivity contribution in [2.75, 3.05) is 0 Å². The Hall–Kier alpha value is -1.77. The molecule has 1 N–H and O–H groups in total. The summed E-state index contributed by atoms with van der Waals surface area (Å²) in [5.41, 5.74) is 6.34. The van der Waals surface area contributed by atoms with Crippen LogP contribution in [-0.4, -0.2) is 23.2 Å². The molecule has 3 nitrogen and oxygen atoms in total. The second-order valence-corrected chi connectivity index (χ2v) is 9.67. The number of rotatable bonds is 4. The molecule has 5 unspecified atom stereocenters. The Labute approximate surface area is 177 Å². The predicted octanol–water partition coefficient (Wildman–Crippen LogP) is 6.50. The molecule has 0 saturated heterocycles. The first kappa shape index (κ1) is 21.9. The number of ketones is 1. The largest absolute Gasteiger partial charge is 0.309 e. The highest BCUT2D eigenvalue weighted by atomic mass is 16.1. The third kappa shape index (κ3) is 5.43. The third-order valence-corrected chi connectivity index (χ3v) is 7.00. The molecule has 0 amide bonds. The van der Waals surface area contributed by atoms with Crippen molar-refractivity contribution in [1.29, 1.82) is 5.41 Å². The molecule has 0 heterocycles. The van der Waals surface area contributed by atoms with E-state index in [1.54, 1.807) is 0 Å². The van der Waals surface area contributed by atoms with Gasteiger partial charge in [0, 0.05) is 30.2 Å². The van der Waals surface area contributed by atoms with Gasteiger partial charge in [-0.25, -0.2) is 0 Å². The molecule has 0 bridgehead atoms. The lowest BCUT2D eigenvalue weighted by Gasteiger charge is -2.31. The molecule has 3 heteroatoms. The maximum atomic E-state index is 11.7. The Balaban J connectivity index is 1.70. The number of aliphatic imine (C=N–C) groups is 1. The van der Waals surface area contributed by atoms with Crippen LogP contribution < -0.4 is 0 Å². The zero-order chi connectivity index (χ0) is 21.1. The van der Waals surface area contributed by atoms with E-state index < -0.39 is 0 Å². The number of nitrogens with one attached hydrogen (secondary N) is 1. The number of hydrogen-bond acceptors (Lipinski definition) is 3. The number of carbonyl (C=O) groups excluding carboxylic acids is 1. The highest BCUT2D eigenvalue weighted by Gasteiger charge is 2.28. The summed E-state index contributed by atoms with van der Waals surface area (Å²) in [4.78, 5) is 16.8. The molecule has 0 radical (unpaired) electrons. The quantitative estimate of drug-likeness (QED) is 0.544. The van der Waals surface area contributed by atoms with Crippen LogP contribution in [0.4, 0.5) is 0 Å². The van der Waals surface area contributed by atoms with Gasteiger partial charge >= 0.3 is 0 Å². The minimum absolute atomic E-state index is 0.173. The van der Waals surface area contributed by atoms with E-state index in [0.717, 1.165) is 37.8 Å². The van der Waals surface area contributed by atoms with Crippen LogP contribution in [0.5, 0.6) is 0 Å². The van der Waals surface area contributed by atoms with Gasteiger partial charge in [0.05, 0.1) is 6.04 Å². The molecule has 3 aliphatic carbocycles. The van der Waals surface area contributed by atoms with Crippen molar-refractivity contribution in [3.63, 3.8) is 0 Å². The summed E-state index contributed by atoms with van der Waals surface area (Å²) in [6, 6.07) is 0.173. The van der Waals surface area contributed by atoms with Crippen molar-refractivity contribution in [2.45, 2.75) is 85.6 Å². The lowest BCUT2D eigenvalue weighted by Crippen LogP contribution is -2.26. The maximum Gasteiger partial charge on any atom is 0.133 e. The average molecular weight is 395 g/mol. The summed E-state index contributed by atoms with van der Waals surface area (Å²) in [7, 11) is 0. The molecule has 0 spiro atoms. The van der Waals surface area contributed by atoms with Crippen molar-refractivity contribution >= 4 is 17.2 Å². The molecular weight excluding hydrogens is 356 g/mol. The van der Waals surface area contributed by atoms with Gasteiger partial charge in [-0.1, -0.05) is 44.6 Å². The van der Waals surface area contributed by atoms with Crippen molar-refractivity contribution in [3.05, 3.63) is 34.9 Å². The lowest BCUT2D eigenvalue weighted by atomic mass is 9.75. The van der Waals surface area contributed by atoms with Crippen LogP contribution in [0.3, 0.4) is 0 Å². The molecule has 0 aliphatic heterocycles. The Morgan fingerprint density at radius 2 is 1.90 bits per heavy atom. The van der Waals surface area contributed by atoms with Crippen LogP contribution in [-0.2, 0) is 4.79 Å². The molecule has 5 atom stereocenters. The van der Waals surface area contributed by atoms with E-state index in [2.05, 4.69) is 52.8 Å². The summed E-state index contributed by atoms with van der Waals surface area (Å²) < 4.78 is 0. The molecule has 0 saturated carbocycles. The minimum atomic E-state index is 0.173. The number of hydrogen-bond donors (Lipinski definition) is 1. The van der Waals surface area contributed by atoms with Crippen LogP contribution in [0.25, 0.3) is 0 Å². The van der Waals surface area contributed by atoms with Gasteiger partial charge in [0.15, 0.2) is 0 Å². The standard InChI is InChI=1S/C26H38N2O/c1-16-11-21(12-17(2)25(16)27)15-22-13-18(3)26(19(4)14-22)28-20(5)23-7-6-8-24(29)10-9-23/h7,11,13,16-17,19-20,22,27H,6,8-10,12,14-15H2,1-5H3. The van der Waals surface area contributed by atoms with Gasteiger partial charge in [0.1, 0.15) is 5.78 Å². The maximum absolute atomic E-state index is 11.7. The van der Waals surface area contributed by atoms with Crippen LogP contribution in [0.15, 0.2) is 39.9 Å². The van der Waals surface area contributed by atoms with E-state index in [1.807, 2.05) is 0 Å². The minimum Gasteiger partial charge on any atom is -0.309 e. The van der Waals surface area contributed by atoms with Gasteiger partial charge in [-0.05, 0) is 74.9 Å². The highest BCUT2D eigenvalue weighted by molar-refractivity contribution is 6.02. The van der Waals surface area contributed by atoms with Gasteiger partial charge in [0.25, 0.3) is 0 Å². The molecule has 3 aliphatic rings. The van der Waals surface area contributed by atoms with Gasteiger partial charge in [0.2, 0.25) is 0 Å². The first-order valence-corrected chi connectivity index (χ1v) is 11.5. The second-order valence-electron chi connectivity index (χ2n) is 9.67. The van der Waals surface area contributed by atoms with E-state index in [-0.39, 0.29) is 12.0 Å². The average Bonchev–Trinajstić information content (AvgIpc) is 2.87. The Morgan fingerprint density at radius 3 is 2.59 bits per heavy atom. The summed E-state index contributed by atoms with van der Waals surface area (Å²) in [5, 5.41) is 8.18. The van der Waals surface area contributed by atoms with Crippen LogP contribution in [0.2, 0.25) is 0 Å². The van der Waals surface area contributed by atoms with E-state index >= 15 is 0 Å². The topological polar surface area (TPSA) is 53.3 Å². The van der Waals surface area contributed by atoms with Crippen LogP contribution in [0, 0.1) is 29.1 Å². The van der Waals surface area contributed by atoms with E-state index in [4.69, 9.17) is 10.4 Å². The summed E-state index contributed by atoms with van der Waals surface area (Å²) >= 11 is 0. The third-order valence-electron chi connectivity index (χ3n) is 7.00. The first-order valence-electron chi connectivity index (χ1n) is 11.5. The van der Waals surface area contributed by atoms with Crippen molar-refractivity contribution < 1.29 is 4.79 Å². The zero-order valence-electron chi connectivity index (χ0n) is 18.9. The zero-order valence-corrected chi connectivity index (χ0v) is 18.9. The predicted molar refractivity (Wildman–Crippen MR) is 123 cm³/mol. The Morgan fingerprint density at radius 1 is 1.14 bits per heavy atom. The molecule has 3 rings (SSSR count). The molecule has 158 valence electrons. The fraction of sp³-hybridized carbons (Fsp3) is 0.654. The first-order chi connectivity index (χ1) is 13.7. The fourth-order valence-corrected chi connectivity index (χ4v) is 5.38. The van der Waals surface area contributed by atoms with Gasteiger partial charge < -0.3 is 5.41 Å². The van der Waals surface area contributed by atoms with Gasteiger partial charge in [-0.15, -0.1) is 0 Å². The van der Waals surface area contributed by atoms with Gasteiger partial charge in [-0.3, -0.25) is 9.79 Å². The van der Waals surface area contributed by atoms with Crippen molar-refractivity contribution in [3.8, 4) is 0 Å². The summed E-state index contributed by atoms with van der Waals surface area (Å²) in [6.07, 6.45) is 13.5. The van der Waals surface area contributed by atoms with E-state index in [9.17, 15) is 4.79 Å². The number of Topliss-reactive ketones (excluding diaryl/α,β-unsaturated/α-hetero) is 1. The van der Waals surface area contributed by atoms with Gasteiger partial charge in [-0.2, -0.15) is 0 Å². The monoisotopic (exact) mass is 394 g/mol. The molecule has 0 aromatic rings. The van der Waals surface area contributed by atoms with E-state index in [0.29, 0.717) is 36.4 Å². The number of allylic oxidation sites excluding steroid dienone is 5. The lowest BCUT2D eigenvalue weighted by molar-refractivity contribution is -0.118. The normalized spacial score (nSPS) is 33.7. The highest BCUT2D eigenvalue weighted by Crippen LogP contribution is 2.35. The SMILES string of the molecule is CC1=CC(CC2=CC(C)C(=N)C(C)C2)CC(C)C1=NC(C)C1=CCCC(=O)CC1. The molecular formula is C26H38N2O. The second kappa shape index (κ2) is 9.36. The molecule has 29 heavy (non-hydrogen) atoms. The molecule has 0 fully saturated rings. The Kier molecular flexibility index (Phi) is 7.08. The van der Waals surface area contributed by atoms with Crippen LogP contribution >= 0.6 is 0 Å². The number of nitrogens with zero attached hydrogens (tertiary/aromatic N) is 1. The Bertz CT molecular complexity index is 783. The number of carbonyl (C=O) groups is 1.